The van der Waals surface area contributed by atoms with Crippen LogP contribution in [0.1, 0.15) is 6.92 Å². The number of aliphatic carboxylic acids is 1. The molecule has 6 heteroatoms. The molecule has 0 saturated heterocycles. The van der Waals surface area contributed by atoms with Gasteiger partial charge >= 0.3 is 11.9 Å². The lowest BCUT2D eigenvalue weighted by Gasteiger charge is -2.05. The van der Waals surface area contributed by atoms with Crippen LogP contribution in [0, 0.1) is 0 Å². The fraction of sp³-hybridized carbons (Fsp3) is 0.667. The lowest BCUT2D eigenvalue weighted by Crippen LogP contribution is -2.30. The molecule has 0 heterocycles. The van der Waals surface area contributed by atoms with Crippen LogP contribution in [-0.2, 0) is 14.3 Å². The Morgan fingerprint density at radius 2 is 2.17 bits per heavy atom. The van der Waals surface area contributed by atoms with Gasteiger partial charge in [-0.1, -0.05) is 11.6 Å². The van der Waals surface area contributed by atoms with E-state index in [1.807, 2.05) is 0 Å². The molecular formula is C6H10ClNO4. The van der Waals surface area contributed by atoms with Crippen LogP contribution in [0.2, 0.25) is 0 Å². The fourth-order valence-corrected chi connectivity index (χ4v) is 0.594. The van der Waals surface area contributed by atoms with Gasteiger partial charge in [0.25, 0.3) is 0 Å². The van der Waals surface area contributed by atoms with E-state index >= 15 is 0 Å². The summed E-state index contributed by atoms with van der Waals surface area (Å²) in [5.41, 5.74) is -0.691. The Morgan fingerprint density at radius 3 is 2.58 bits per heavy atom. The van der Waals surface area contributed by atoms with E-state index in [0.717, 1.165) is 0 Å². The fourth-order valence-electron chi connectivity index (χ4n) is 0.494. The van der Waals surface area contributed by atoms with Crippen LogP contribution in [0.4, 0.5) is 0 Å². The Balaban J connectivity index is 3.38. The van der Waals surface area contributed by atoms with Gasteiger partial charge in [-0.2, -0.15) is 0 Å². The van der Waals surface area contributed by atoms with Crippen molar-refractivity contribution in [3.63, 3.8) is 0 Å². The average Bonchev–Trinajstić information content (AvgIpc) is 1.84. The SMILES string of the molecule is CC(Cl)OC(=O)CNCC(=O)O. The summed E-state index contributed by atoms with van der Waals surface area (Å²) in [5.74, 6) is -1.60. The maximum absolute atomic E-state index is 10.7. The molecular weight excluding hydrogens is 186 g/mol. The van der Waals surface area contributed by atoms with Gasteiger partial charge in [0.05, 0.1) is 13.1 Å². The van der Waals surface area contributed by atoms with Crippen LogP contribution >= 0.6 is 11.6 Å². The summed E-state index contributed by atoms with van der Waals surface area (Å²) >= 11 is 5.33. The van der Waals surface area contributed by atoms with Gasteiger partial charge in [-0.3, -0.25) is 14.9 Å². The van der Waals surface area contributed by atoms with Gasteiger partial charge in [0.15, 0.2) is 5.56 Å². The molecule has 12 heavy (non-hydrogen) atoms. The summed E-state index contributed by atoms with van der Waals surface area (Å²) in [6.07, 6.45) is 0. The Bertz CT molecular complexity index is 171. The van der Waals surface area contributed by atoms with Crippen LogP contribution < -0.4 is 5.32 Å². The first kappa shape index (κ1) is 11.2. The number of ether oxygens (including phenoxy) is 1. The van der Waals surface area contributed by atoms with Crippen LogP contribution in [-0.4, -0.2) is 35.7 Å². The molecule has 0 amide bonds. The number of nitrogens with one attached hydrogen (secondary N) is 1. The van der Waals surface area contributed by atoms with Gasteiger partial charge in [-0.15, -0.1) is 0 Å². The zero-order valence-corrected chi connectivity index (χ0v) is 7.30. The van der Waals surface area contributed by atoms with E-state index in [9.17, 15) is 9.59 Å². The van der Waals surface area contributed by atoms with Crippen molar-refractivity contribution in [3.05, 3.63) is 0 Å². The molecule has 0 aliphatic rings. The van der Waals surface area contributed by atoms with E-state index in [0.29, 0.717) is 0 Å². The molecule has 0 spiro atoms. The van der Waals surface area contributed by atoms with Crippen molar-refractivity contribution < 1.29 is 19.4 Å². The number of esters is 1. The van der Waals surface area contributed by atoms with E-state index in [2.05, 4.69) is 10.1 Å². The van der Waals surface area contributed by atoms with Crippen molar-refractivity contribution in [2.75, 3.05) is 13.1 Å². The summed E-state index contributed by atoms with van der Waals surface area (Å²) in [7, 11) is 0. The molecule has 0 aliphatic carbocycles. The second kappa shape index (κ2) is 5.79. The summed E-state index contributed by atoms with van der Waals surface area (Å²) in [4.78, 5) is 20.6. The third kappa shape index (κ3) is 7.30. The van der Waals surface area contributed by atoms with E-state index < -0.39 is 17.5 Å². The normalized spacial score (nSPS) is 12.2. The molecule has 0 radical (unpaired) electrons. The molecule has 1 unspecified atom stereocenters. The van der Waals surface area contributed by atoms with E-state index in [-0.39, 0.29) is 13.1 Å². The highest BCUT2D eigenvalue weighted by Gasteiger charge is 2.06. The van der Waals surface area contributed by atoms with E-state index in [1.165, 1.54) is 6.92 Å². The quantitative estimate of drug-likeness (QED) is 0.469. The molecule has 0 aromatic rings. The maximum atomic E-state index is 10.7. The number of rotatable bonds is 5. The molecule has 0 aliphatic heterocycles. The van der Waals surface area contributed by atoms with E-state index in [4.69, 9.17) is 16.7 Å². The number of carboxylic acid groups (broad SMARTS) is 1. The van der Waals surface area contributed by atoms with Crippen molar-refractivity contribution in [2.45, 2.75) is 12.5 Å². The van der Waals surface area contributed by atoms with Gasteiger partial charge < -0.3 is 9.84 Å². The number of hydrogen-bond donors (Lipinski definition) is 2. The summed E-state index contributed by atoms with van der Waals surface area (Å²) in [6.45, 7) is 1.08. The molecule has 0 bridgehead atoms. The molecule has 2 N–H and O–H groups in total. The van der Waals surface area contributed by atoms with Crippen LogP contribution in [0.15, 0.2) is 0 Å². The van der Waals surface area contributed by atoms with Crippen molar-refractivity contribution in [1.29, 1.82) is 0 Å². The minimum Gasteiger partial charge on any atom is -0.480 e. The van der Waals surface area contributed by atoms with E-state index in [1.54, 1.807) is 0 Å². The summed E-state index contributed by atoms with van der Waals surface area (Å²) in [6, 6.07) is 0. The van der Waals surface area contributed by atoms with Gasteiger partial charge in [0.2, 0.25) is 0 Å². The Morgan fingerprint density at radius 1 is 1.58 bits per heavy atom. The lowest BCUT2D eigenvalue weighted by molar-refractivity contribution is -0.143. The first-order chi connectivity index (χ1) is 5.52. The van der Waals surface area contributed by atoms with Crippen LogP contribution in [0.3, 0.4) is 0 Å². The molecule has 0 aromatic heterocycles. The summed E-state index contributed by atoms with van der Waals surface area (Å²) < 4.78 is 4.50. The highest BCUT2D eigenvalue weighted by atomic mass is 35.5. The number of carbonyl (C=O) groups excluding carboxylic acids is 1. The zero-order valence-electron chi connectivity index (χ0n) is 6.54. The van der Waals surface area contributed by atoms with Crippen molar-refractivity contribution in [3.8, 4) is 0 Å². The first-order valence-electron chi connectivity index (χ1n) is 3.28. The largest absolute Gasteiger partial charge is 0.480 e. The predicted molar refractivity (Wildman–Crippen MR) is 41.9 cm³/mol. The second-order valence-corrected chi connectivity index (χ2v) is 2.64. The molecule has 1 atom stereocenters. The lowest BCUT2D eigenvalue weighted by atomic mass is 10.6. The third-order valence-corrected chi connectivity index (χ3v) is 0.928. The molecule has 0 rings (SSSR count). The topological polar surface area (TPSA) is 75.6 Å². The number of carbonyl (C=O) groups is 2. The van der Waals surface area contributed by atoms with Crippen molar-refractivity contribution in [2.24, 2.45) is 0 Å². The molecule has 0 aromatic carbocycles. The Kier molecular flexibility index (Phi) is 5.40. The monoisotopic (exact) mass is 195 g/mol. The molecule has 70 valence electrons. The minimum absolute atomic E-state index is 0.149. The Labute approximate surface area is 74.6 Å². The number of alkyl halides is 1. The standard InChI is InChI=1S/C6H10ClNO4/c1-4(7)12-6(11)3-8-2-5(9)10/h4,8H,2-3H2,1H3,(H,9,10). The van der Waals surface area contributed by atoms with Gasteiger partial charge in [-0.25, -0.2) is 0 Å². The van der Waals surface area contributed by atoms with Crippen molar-refractivity contribution in [1.82, 2.24) is 5.32 Å². The first-order valence-corrected chi connectivity index (χ1v) is 3.72. The highest BCUT2D eigenvalue weighted by molar-refractivity contribution is 6.19. The number of halogens is 1. The van der Waals surface area contributed by atoms with Gasteiger partial charge in [0, 0.05) is 0 Å². The van der Waals surface area contributed by atoms with Gasteiger partial charge in [0.1, 0.15) is 0 Å². The highest BCUT2D eigenvalue weighted by Crippen LogP contribution is 1.94. The zero-order chi connectivity index (χ0) is 9.56. The molecule has 5 nitrogen and oxygen atoms in total. The van der Waals surface area contributed by atoms with Gasteiger partial charge in [-0.05, 0) is 6.92 Å². The second-order valence-electron chi connectivity index (χ2n) is 2.03. The minimum atomic E-state index is -1.03. The number of hydrogen-bond acceptors (Lipinski definition) is 4. The third-order valence-electron chi connectivity index (χ3n) is 0.839. The number of carboxylic acids is 1. The predicted octanol–water partition coefficient (Wildman–Crippen LogP) is -0.211. The summed E-state index contributed by atoms with van der Waals surface area (Å²) in [5, 5.41) is 10.5. The van der Waals surface area contributed by atoms with Crippen molar-refractivity contribution >= 4 is 23.5 Å². The maximum Gasteiger partial charge on any atom is 0.321 e. The Hall–Kier alpha value is -0.810. The average molecular weight is 196 g/mol. The smallest absolute Gasteiger partial charge is 0.321 e. The molecule has 0 fully saturated rings. The molecule has 0 saturated carbocycles. The van der Waals surface area contributed by atoms with Crippen LogP contribution in [0.5, 0.6) is 0 Å². The van der Waals surface area contributed by atoms with Crippen LogP contribution in [0.25, 0.3) is 0 Å².